The van der Waals surface area contributed by atoms with Crippen molar-refractivity contribution >= 4 is 33.7 Å². The first-order chi connectivity index (χ1) is 13.3. The Morgan fingerprint density at radius 1 is 0.852 bits per heavy atom. The second-order valence-corrected chi connectivity index (χ2v) is 6.53. The quantitative estimate of drug-likeness (QED) is 0.577. The fourth-order valence-corrected chi connectivity index (χ4v) is 3.51. The van der Waals surface area contributed by atoms with Crippen LogP contribution in [0.4, 0.5) is 5.82 Å². The first-order valence-corrected chi connectivity index (χ1v) is 8.80. The van der Waals surface area contributed by atoms with Gasteiger partial charge in [-0.3, -0.25) is 15.1 Å². The number of nitrogens with one attached hydrogen (secondary N) is 1. The molecule has 3 N–H and O–H groups in total. The number of H-pyrrole nitrogens is 1. The predicted octanol–water partition coefficient (Wildman–Crippen LogP) is 4.30. The summed E-state index contributed by atoms with van der Waals surface area (Å²) < 4.78 is 0. The third-order valence-electron chi connectivity index (χ3n) is 4.88. The van der Waals surface area contributed by atoms with Crippen LogP contribution in [0.3, 0.4) is 0 Å². The van der Waals surface area contributed by atoms with E-state index >= 15 is 0 Å². The van der Waals surface area contributed by atoms with E-state index in [1.807, 2.05) is 36.4 Å². The van der Waals surface area contributed by atoms with Gasteiger partial charge >= 0.3 is 0 Å². The van der Waals surface area contributed by atoms with Gasteiger partial charge in [-0.05, 0) is 41.0 Å². The second-order valence-electron chi connectivity index (χ2n) is 6.53. The number of aromatic amines is 1. The molecule has 0 amide bonds. The lowest BCUT2D eigenvalue weighted by Gasteiger charge is -2.07. The maximum absolute atomic E-state index is 5.91. The fraction of sp³-hybridized carbons (Fsp3) is 0.0455. The Morgan fingerprint density at radius 2 is 1.67 bits per heavy atom. The second kappa shape index (κ2) is 6.21. The van der Waals surface area contributed by atoms with E-state index in [2.05, 4.69) is 39.4 Å². The summed E-state index contributed by atoms with van der Waals surface area (Å²) in [7, 11) is 0. The van der Waals surface area contributed by atoms with Crippen LogP contribution in [-0.4, -0.2) is 20.9 Å². The molecule has 2 aromatic carbocycles. The molecule has 1 aliphatic heterocycles. The van der Waals surface area contributed by atoms with Crippen LogP contribution in [0.15, 0.2) is 78.0 Å². The summed E-state index contributed by atoms with van der Waals surface area (Å²) in [5, 5.41) is 8.04. The molecular formula is C22H17N5. The summed E-state index contributed by atoms with van der Waals surface area (Å²) in [5.41, 5.74) is 13.4. The van der Waals surface area contributed by atoms with Crippen molar-refractivity contribution in [3.8, 4) is 0 Å². The molecule has 27 heavy (non-hydrogen) atoms. The molecule has 0 aliphatic carbocycles. The van der Waals surface area contributed by atoms with Crippen LogP contribution in [0.1, 0.15) is 23.1 Å². The van der Waals surface area contributed by atoms with Crippen LogP contribution in [0.25, 0.3) is 22.2 Å². The van der Waals surface area contributed by atoms with Gasteiger partial charge in [0.25, 0.3) is 0 Å². The molecule has 0 unspecified atom stereocenters. The Hall–Kier alpha value is -3.73. The molecule has 1 aliphatic rings. The minimum absolute atomic E-state index is 0.521. The predicted molar refractivity (Wildman–Crippen MR) is 109 cm³/mol. The summed E-state index contributed by atoms with van der Waals surface area (Å²) in [4.78, 5) is 9.13. The molecule has 0 saturated heterocycles. The topological polar surface area (TPSA) is 80.0 Å². The average molecular weight is 351 g/mol. The molecule has 4 aromatic rings. The smallest absolute Gasteiger partial charge is 0.153 e. The number of nitrogens with zero attached hydrogens (tertiary/aromatic N) is 3. The SMILES string of the molecule is Nc1n[nH]c2cc(C3=C(c4ccncc4)N=C(c4ccccc4)C3)ccc12. The summed E-state index contributed by atoms with van der Waals surface area (Å²) in [6.07, 6.45) is 4.38. The lowest BCUT2D eigenvalue weighted by Crippen LogP contribution is -1.97. The Kier molecular flexibility index (Phi) is 3.57. The Morgan fingerprint density at radius 3 is 2.48 bits per heavy atom. The molecule has 3 heterocycles. The van der Waals surface area contributed by atoms with Crippen LogP contribution < -0.4 is 5.73 Å². The van der Waals surface area contributed by atoms with Gasteiger partial charge in [0.15, 0.2) is 5.82 Å². The van der Waals surface area contributed by atoms with E-state index in [1.54, 1.807) is 12.4 Å². The van der Waals surface area contributed by atoms with E-state index in [1.165, 1.54) is 5.57 Å². The molecule has 0 fully saturated rings. The van der Waals surface area contributed by atoms with Gasteiger partial charge in [-0.2, -0.15) is 5.10 Å². The number of rotatable bonds is 3. The van der Waals surface area contributed by atoms with Crippen LogP contribution in [0, 0.1) is 0 Å². The molecule has 130 valence electrons. The number of pyridine rings is 1. The highest BCUT2D eigenvalue weighted by atomic mass is 15.1. The van der Waals surface area contributed by atoms with Crippen LogP contribution >= 0.6 is 0 Å². The van der Waals surface area contributed by atoms with Crippen molar-refractivity contribution in [2.45, 2.75) is 6.42 Å². The normalized spacial score (nSPS) is 14.0. The van der Waals surface area contributed by atoms with Gasteiger partial charge in [-0.25, -0.2) is 0 Å². The summed E-state index contributed by atoms with van der Waals surface area (Å²) in [5.74, 6) is 0.521. The summed E-state index contributed by atoms with van der Waals surface area (Å²) in [6.45, 7) is 0. The standard InChI is InChI=1S/C22H17N5/c23-22-17-7-6-16(12-20(17)26-27-22)18-13-19(14-4-2-1-3-5-14)25-21(18)15-8-10-24-11-9-15/h1-12H,13H2,(H3,23,26,27). The Balaban J connectivity index is 1.65. The van der Waals surface area contributed by atoms with Gasteiger partial charge in [-0.1, -0.05) is 36.4 Å². The number of hydrogen-bond acceptors (Lipinski definition) is 4. The Labute approximate surface area is 156 Å². The number of benzene rings is 2. The van der Waals surface area contributed by atoms with E-state index in [9.17, 15) is 0 Å². The zero-order valence-electron chi connectivity index (χ0n) is 14.6. The lowest BCUT2D eigenvalue weighted by molar-refractivity contribution is 1.13. The minimum Gasteiger partial charge on any atom is -0.382 e. The number of allylic oxidation sites excluding steroid dienone is 1. The van der Waals surface area contributed by atoms with Crippen molar-refractivity contribution in [3.05, 3.63) is 89.7 Å². The molecule has 0 atom stereocenters. The van der Waals surface area contributed by atoms with Crippen molar-refractivity contribution in [2.24, 2.45) is 4.99 Å². The van der Waals surface area contributed by atoms with Crippen molar-refractivity contribution in [2.75, 3.05) is 5.73 Å². The molecule has 0 bridgehead atoms. The number of anilines is 1. The highest BCUT2D eigenvalue weighted by Crippen LogP contribution is 2.38. The first kappa shape index (κ1) is 15.5. The number of aliphatic imine (C=N–C) groups is 1. The van der Waals surface area contributed by atoms with Crippen molar-refractivity contribution in [3.63, 3.8) is 0 Å². The number of nitrogen functional groups attached to an aromatic ring is 1. The van der Waals surface area contributed by atoms with Gasteiger partial charge in [0.2, 0.25) is 0 Å². The molecule has 0 spiro atoms. The van der Waals surface area contributed by atoms with Crippen molar-refractivity contribution in [1.29, 1.82) is 0 Å². The van der Waals surface area contributed by atoms with Crippen LogP contribution in [-0.2, 0) is 0 Å². The number of nitrogens with two attached hydrogens (primary N) is 1. The van der Waals surface area contributed by atoms with E-state index < -0.39 is 0 Å². The highest BCUT2D eigenvalue weighted by Gasteiger charge is 2.22. The molecule has 5 nitrogen and oxygen atoms in total. The average Bonchev–Trinajstić information content (AvgIpc) is 3.33. The number of fused-ring (bicyclic) bond motifs is 1. The molecule has 0 radical (unpaired) electrons. The van der Waals surface area contributed by atoms with E-state index in [0.717, 1.165) is 45.4 Å². The zero-order valence-corrected chi connectivity index (χ0v) is 14.6. The lowest BCUT2D eigenvalue weighted by atomic mass is 9.95. The maximum atomic E-state index is 5.91. The van der Waals surface area contributed by atoms with E-state index in [4.69, 9.17) is 10.7 Å². The third kappa shape index (κ3) is 2.69. The first-order valence-electron chi connectivity index (χ1n) is 8.80. The zero-order chi connectivity index (χ0) is 18.2. The minimum atomic E-state index is 0.521. The molecule has 2 aromatic heterocycles. The largest absolute Gasteiger partial charge is 0.382 e. The molecule has 5 heteroatoms. The van der Waals surface area contributed by atoms with Gasteiger partial charge in [0.1, 0.15) is 0 Å². The Bertz CT molecular complexity index is 1190. The fourth-order valence-electron chi connectivity index (χ4n) is 3.51. The number of hydrogen-bond donors (Lipinski definition) is 2. The molecular weight excluding hydrogens is 334 g/mol. The number of aromatic nitrogens is 3. The summed E-state index contributed by atoms with van der Waals surface area (Å²) in [6, 6.07) is 20.5. The monoisotopic (exact) mass is 351 g/mol. The van der Waals surface area contributed by atoms with E-state index in [0.29, 0.717) is 5.82 Å². The van der Waals surface area contributed by atoms with Gasteiger partial charge < -0.3 is 5.73 Å². The maximum Gasteiger partial charge on any atom is 0.153 e. The highest BCUT2D eigenvalue weighted by molar-refractivity contribution is 6.17. The van der Waals surface area contributed by atoms with Gasteiger partial charge in [0, 0.05) is 29.8 Å². The van der Waals surface area contributed by atoms with Crippen LogP contribution in [0.2, 0.25) is 0 Å². The molecule has 0 saturated carbocycles. The molecule has 5 rings (SSSR count). The van der Waals surface area contributed by atoms with Crippen molar-refractivity contribution < 1.29 is 0 Å². The third-order valence-corrected chi connectivity index (χ3v) is 4.88. The van der Waals surface area contributed by atoms with Gasteiger partial charge in [0.05, 0.1) is 16.9 Å². The van der Waals surface area contributed by atoms with Crippen molar-refractivity contribution in [1.82, 2.24) is 15.2 Å². The van der Waals surface area contributed by atoms with E-state index in [-0.39, 0.29) is 0 Å². The summed E-state index contributed by atoms with van der Waals surface area (Å²) >= 11 is 0. The van der Waals surface area contributed by atoms with Crippen LogP contribution in [0.5, 0.6) is 0 Å². The van der Waals surface area contributed by atoms with Gasteiger partial charge in [-0.15, -0.1) is 0 Å².